The maximum Gasteiger partial charge on any atom is 0.267 e. The Morgan fingerprint density at radius 2 is 2.00 bits per heavy atom. The zero-order chi connectivity index (χ0) is 15.4. The van der Waals surface area contributed by atoms with Gasteiger partial charge in [0.2, 0.25) is 0 Å². The van der Waals surface area contributed by atoms with Crippen LogP contribution in [0.15, 0.2) is 36.5 Å². The number of pyridine rings is 1. The number of aromatic nitrogens is 1. The summed E-state index contributed by atoms with van der Waals surface area (Å²) in [6.45, 7) is 1.91. The van der Waals surface area contributed by atoms with Gasteiger partial charge in [0.15, 0.2) is 0 Å². The van der Waals surface area contributed by atoms with Gasteiger partial charge in [0.05, 0.1) is 18.4 Å². The van der Waals surface area contributed by atoms with E-state index in [0.717, 1.165) is 5.56 Å². The molecule has 6 nitrogen and oxygen atoms in total. The number of hydrogen-bond acceptors (Lipinski definition) is 4. The minimum Gasteiger partial charge on any atom is -0.495 e. The van der Waals surface area contributed by atoms with Gasteiger partial charge in [-0.3, -0.25) is 14.6 Å². The third-order valence-electron chi connectivity index (χ3n) is 2.88. The van der Waals surface area contributed by atoms with E-state index in [-0.39, 0.29) is 11.6 Å². The third-order valence-corrected chi connectivity index (χ3v) is 2.88. The molecule has 1 aromatic heterocycles. The third kappa shape index (κ3) is 3.36. The number of carbonyl (C=O) groups is 2. The number of amides is 2. The highest BCUT2D eigenvalue weighted by Gasteiger charge is 2.11. The maximum atomic E-state index is 12.2. The first-order valence-corrected chi connectivity index (χ1v) is 6.23. The van der Waals surface area contributed by atoms with Crippen LogP contribution in [0.5, 0.6) is 5.75 Å². The number of aryl methyl sites for hydroxylation is 1. The van der Waals surface area contributed by atoms with Crippen molar-refractivity contribution in [3.63, 3.8) is 0 Å². The van der Waals surface area contributed by atoms with E-state index in [4.69, 9.17) is 10.5 Å². The number of nitrogens with two attached hydrogens (primary N) is 1. The molecule has 1 heterocycles. The van der Waals surface area contributed by atoms with E-state index in [9.17, 15) is 9.59 Å². The molecule has 0 aliphatic heterocycles. The number of hydrogen-bond donors (Lipinski definition) is 2. The molecule has 0 radical (unpaired) electrons. The molecule has 2 rings (SSSR count). The van der Waals surface area contributed by atoms with Crippen molar-refractivity contribution in [3.8, 4) is 5.75 Å². The average Bonchev–Trinajstić information content (AvgIpc) is 2.47. The molecule has 0 aliphatic rings. The number of nitrogens with zero attached hydrogens (tertiary/aromatic N) is 1. The zero-order valence-electron chi connectivity index (χ0n) is 11.7. The van der Waals surface area contributed by atoms with Gasteiger partial charge in [-0.1, -0.05) is 6.07 Å². The molecule has 3 N–H and O–H groups in total. The van der Waals surface area contributed by atoms with Gasteiger partial charge in [-0.05, 0) is 36.8 Å². The van der Waals surface area contributed by atoms with E-state index in [0.29, 0.717) is 17.0 Å². The summed E-state index contributed by atoms with van der Waals surface area (Å²) in [5, 5.41) is 2.75. The van der Waals surface area contributed by atoms with Crippen molar-refractivity contribution in [1.29, 1.82) is 0 Å². The average molecular weight is 285 g/mol. The van der Waals surface area contributed by atoms with Crippen molar-refractivity contribution in [3.05, 3.63) is 53.3 Å². The van der Waals surface area contributed by atoms with E-state index in [1.54, 1.807) is 6.07 Å². The molecule has 1 aromatic carbocycles. The second-order valence-electron chi connectivity index (χ2n) is 4.45. The molecule has 6 heteroatoms. The molecule has 0 fully saturated rings. The number of anilines is 1. The van der Waals surface area contributed by atoms with E-state index in [1.165, 1.54) is 25.4 Å². The lowest BCUT2D eigenvalue weighted by atomic mass is 10.2. The lowest BCUT2D eigenvalue weighted by molar-refractivity contribution is 0.0990. The summed E-state index contributed by atoms with van der Waals surface area (Å²) in [5.41, 5.74) is 7.10. The largest absolute Gasteiger partial charge is 0.495 e. The zero-order valence-corrected chi connectivity index (χ0v) is 11.7. The van der Waals surface area contributed by atoms with Crippen LogP contribution < -0.4 is 15.8 Å². The maximum absolute atomic E-state index is 12.2. The van der Waals surface area contributed by atoms with Crippen LogP contribution in [-0.2, 0) is 0 Å². The summed E-state index contributed by atoms with van der Waals surface area (Å²) in [5.74, 6) is -0.416. The van der Waals surface area contributed by atoms with Crippen LogP contribution >= 0.6 is 0 Å². The Morgan fingerprint density at radius 1 is 1.24 bits per heavy atom. The Balaban J connectivity index is 2.21. The van der Waals surface area contributed by atoms with E-state index in [1.807, 2.05) is 19.1 Å². The summed E-state index contributed by atoms with van der Waals surface area (Å²) in [4.78, 5) is 26.9. The highest BCUT2D eigenvalue weighted by atomic mass is 16.5. The van der Waals surface area contributed by atoms with Crippen LogP contribution in [-0.4, -0.2) is 23.9 Å². The van der Waals surface area contributed by atoms with Crippen LogP contribution in [0.1, 0.15) is 26.4 Å². The molecule has 2 amide bonds. The first-order chi connectivity index (χ1) is 10.0. The number of rotatable bonds is 4. The van der Waals surface area contributed by atoms with Gasteiger partial charge < -0.3 is 15.8 Å². The summed E-state index contributed by atoms with van der Waals surface area (Å²) < 4.78 is 5.20. The molecule has 0 atom stereocenters. The second kappa shape index (κ2) is 6.04. The van der Waals surface area contributed by atoms with Gasteiger partial charge in [-0.2, -0.15) is 0 Å². The van der Waals surface area contributed by atoms with E-state index < -0.39 is 5.91 Å². The quantitative estimate of drug-likeness (QED) is 0.894. The SMILES string of the molecule is COc1ccc(C)cc1NC(=O)c1ccc(C(N)=O)nc1. The molecule has 21 heavy (non-hydrogen) atoms. The van der Waals surface area contributed by atoms with Gasteiger partial charge in [0.25, 0.3) is 11.8 Å². The van der Waals surface area contributed by atoms with Crippen LogP contribution in [0.2, 0.25) is 0 Å². The Morgan fingerprint density at radius 3 is 2.57 bits per heavy atom. The fourth-order valence-electron chi connectivity index (χ4n) is 1.79. The number of methoxy groups -OCH3 is 1. The van der Waals surface area contributed by atoms with Gasteiger partial charge in [-0.15, -0.1) is 0 Å². The van der Waals surface area contributed by atoms with E-state index in [2.05, 4.69) is 10.3 Å². The van der Waals surface area contributed by atoms with Crippen LogP contribution in [0.3, 0.4) is 0 Å². The number of nitrogens with one attached hydrogen (secondary N) is 1. The predicted molar refractivity (Wildman–Crippen MR) is 78.4 cm³/mol. The topological polar surface area (TPSA) is 94.3 Å². The van der Waals surface area contributed by atoms with Crippen molar-refractivity contribution in [2.24, 2.45) is 5.73 Å². The molecule has 0 aliphatic carbocycles. The Hall–Kier alpha value is -2.89. The highest BCUT2D eigenvalue weighted by Crippen LogP contribution is 2.25. The predicted octanol–water partition coefficient (Wildman–Crippen LogP) is 1.75. The standard InChI is InChI=1S/C15H15N3O3/c1-9-3-6-13(21-2)12(7-9)18-15(20)10-4-5-11(14(16)19)17-8-10/h3-8H,1-2H3,(H2,16,19)(H,18,20). The Kier molecular flexibility index (Phi) is 4.18. The van der Waals surface area contributed by atoms with Gasteiger partial charge >= 0.3 is 0 Å². The second-order valence-corrected chi connectivity index (χ2v) is 4.45. The molecule has 0 unspecified atom stereocenters. The molecule has 108 valence electrons. The van der Waals surface area contributed by atoms with Gasteiger partial charge in [-0.25, -0.2) is 0 Å². The highest BCUT2D eigenvalue weighted by molar-refractivity contribution is 6.05. The molecule has 0 spiro atoms. The Bertz CT molecular complexity index is 681. The number of benzene rings is 1. The van der Waals surface area contributed by atoms with Crippen LogP contribution in [0.25, 0.3) is 0 Å². The molecular formula is C15H15N3O3. The summed E-state index contributed by atoms with van der Waals surface area (Å²) in [6.07, 6.45) is 1.30. The molecule has 0 saturated heterocycles. The first kappa shape index (κ1) is 14.5. The minimum atomic E-state index is -0.637. The van der Waals surface area contributed by atoms with Gasteiger partial charge in [0, 0.05) is 6.20 Å². The van der Waals surface area contributed by atoms with Crippen molar-refractivity contribution in [2.75, 3.05) is 12.4 Å². The monoisotopic (exact) mass is 285 g/mol. The number of primary amides is 1. The van der Waals surface area contributed by atoms with Crippen LogP contribution in [0.4, 0.5) is 5.69 Å². The smallest absolute Gasteiger partial charge is 0.267 e. The summed E-state index contributed by atoms with van der Waals surface area (Å²) >= 11 is 0. The van der Waals surface area contributed by atoms with Crippen molar-refractivity contribution in [2.45, 2.75) is 6.92 Å². The molecule has 2 aromatic rings. The normalized spacial score (nSPS) is 10.0. The lowest BCUT2D eigenvalue weighted by Gasteiger charge is -2.11. The molecule has 0 bridgehead atoms. The van der Waals surface area contributed by atoms with Crippen molar-refractivity contribution >= 4 is 17.5 Å². The lowest BCUT2D eigenvalue weighted by Crippen LogP contribution is -2.16. The van der Waals surface area contributed by atoms with Crippen molar-refractivity contribution < 1.29 is 14.3 Å². The Labute approximate surface area is 121 Å². The van der Waals surface area contributed by atoms with Crippen molar-refractivity contribution in [1.82, 2.24) is 4.98 Å². The fourth-order valence-corrected chi connectivity index (χ4v) is 1.79. The number of ether oxygens (including phenoxy) is 1. The minimum absolute atomic E-state index is 0.111. The number of carbonyl (C=O) groups excluding carboxylic acids is 2. The summed E-state index contributed by atoms with van der Waals surface area (Å²) in [7, 11) is 1.53. The van der Waals surface area contributed by atoms with E-state index >= 15 is 0 Å². The molecular weight excluding hydrogens is 270 g/mol. The van der Waals surface area contributed by atoms with Crippen LogP contribution in [0, 0.1) is 6.92 Å². The van der Waals surface area contributed by atoms with Gasteiger partial charge in [0.1, 0.15) is 11.4 Å². The summed E-state index contributed by atoms with van der Waals surface area (Å²) in [6, 6.07) is 8.37. The fraction of sp³-hybridized carbons (Fsp3) is 0.133. The first-order valence-electron chi connectivity index (χ1n) is 6.23. The molecule has 0 saturated carbocycles.